The quantitative estimate of drug-likeness (QED) is 0.296. The van der Waals surface area contributed by atoms with Gasteiger partial charge in [0.15, 0.2) is 12.5 Å². The van der Waals surface area contributed by atoms with Crippen LogP contribution < -0.4 is 9.47 Å². The summed E-state index contributed by atoms with van der Waals surface area (Å²) in [4.78, 5) is 0. The van der Waals surface area contributed by atoms with E-state index in [1.54, 1.807) is 30.9 Å². The van der Waals surface area contributed by atoms with Crippen molar-refractivity contribution in [1.82, 2.24) is 0 Å². The molecule has 0 aliphatic carbocycles. The van der Waals surface area contributed by atoms with Crippen molar-refractivity contribution in [3.05, 3.63) is 44.8 Å². The molecule has 0 bridgehead atoms. The highest BCUT2D eigenvalue weighted by Gasteiger charge is 2.15. The van der Waals surface area contributed by atoms with Crippen LogP contribution >= 0.6 is 39.2 Å². The molecule has 2 aromatic rings. The topological polar surface area (TPSA) is 65.0 Å². The summed E-state index contributed by atoms with van der Waals surface area (Å²) in [6.07, 6.45) is 0.460. The highest BCUT2D eigenvalue weighted by Crippen LogP contribution is 2.43. The van der Waals surface area contributed by atoms with Crippen LogP contribution in [0, 0.1) is 0 Å². The van der Waals surface area contributed by atoms with Crippen molar-refractivity contribution >= 4 is 39.2 Å². The van der Waals surface area contributed by atoms with Gasteiger partial charge in [0.05, 0.1) is 8.95 Å². The van der Waals surface area contributed by atoms with Crippen LogP contribution in [0.4, 0.5) is 0 Å². The van der Waals surface area contributed by atoms with E-state index in [2.05, 4.69) is 31.9 Å². The molecule has 0 saturated heterocycles. The molecule has 1 atom stereocenters. The zero-order valence-corrected chi connectivity index (χ0v) is 19.7. The Bertz CT molecular complexity index is 831. The van der Waals surface area contributed by atoms with Gasteiger partial charge in [0, 0.05) is 18.4 Å². The number of rotatable bonds is 8. The van der Waals surface area contributed by atoms with Crippen LogP contribution in [-0.2, 0) is 9.09 Å². The Morgan fingerprint density at radius 3 is 2.30 bits per heavy atom. The second-order valence-electron chi connectivity index (χ2n) is 6.42. The third-order valence-corrected chi connectivity index (χ3v) is 6.92. The Morgan fingerprint density at radius 2 is 1.74 bits per heavy atom. The van der Waals surface area contributed by atoms with Gasteiger partial charge in [-0.15, -0.1) is 0 Å². The Balaban J connectivity index is 2.15. The summed E-state index contributed by atoms with van der Waals surface area (Å²) in [6, 6.07) is 8.65. The molecule has 0 amide bonds. The van der Waals surface area contributed by atoms with Crippen LogP contribution in [0.15, 0.2) is 39.3 Å². The minimum absolute atomic E-state index is 0.0869. The Morgan fingerprint density at radius 1 is 1.11 bits per heavy atom. The molecular formula is C19H23Br2O5P. The second kappa shape index (κ2) is 9.46. The van der Waals surface area contributed by atoms with Crippen LogP contribution in [0.3, 0.4) is 0 Å². The predicted molar refractivity (Wildman–Crippen MR) is 115 cm³/mol. The standard InChI is InChI=1S/C19H23Br2O5P/c1-5-27(4,23)25-11-24-14-9-16(20)19(17(21)10-14)26-13-6-7-18(22)15(8-13)12(2)3/h6-10,12,22H,5,11H2,1-4H3. The molecule has 0 aliphatic heterocycles. The normalized spacial score (nSPS) is 13.4. The van der Waals surface area contributed by atoms with Gasteiger partial charge in [-0.3, -0.25) is 9.09 Å². The molecule has 5 nitrogen and oxygen atoms in total. The average molecular weight is 522 g/mol. The van der Waals surface area contributed by atoms with E-state index < -0.39 is 7.37 Å². The molecule has 0 heterocycles. The van der Waals surface area contributed by atoms with E-state index in [0.717, 1.165) is 5.56 Å². The summed E-state index contributed by atoms with van der Waals surface area (Å²) in [5, 5.41) is 9.95. The summed E-state index contributed by atoms with van der Waals surface area (Å²) < 4.78 is 30.1. The number of halogens is 2. The van der Waals surface area contributed by atoms with E-state index in [9.17, 15) is 9.67 Å². The Labute approximate surface area is 176 Å². The van der Waals surface area contributed by atoms with Gasteiger partial charge >= 0.3 is 0 Å². The lowest BCUT2D eigenvalue weighted by atomic mass is 10.0. The summed E-state index contributed by atoms with van der Waals surface area (Å²) in [5.74, 6) is 2.17. The zero-order valence-electron chi connectivity index (χ0n) is 15.7. The predicted octanol–water partition coefficient (Wildman–Crippen LogP) is 7.11. The van der Waals surface area contributed by atoms with Gasteiger partial charge < -0.3 is 14.6 Å². The minimum atomic E-state index is -2.60. The lowest BCUT2D eigenvalue weighted by Gasteiger charge is -2.16. The molecule has 0 radical (unpaired) electrons. The Hall–Kier alpha value is -1.01. The number of hydrogen-bond donors (Lipinski definition) is 1. The number of aromatic hydroxyl groups is 1. The van der Waals surface area contributed by atoms with Crippen LogP contribution in [0.5, 0.6) is 23.0 Å². The van der Waals surface area contributed by atoms with E-state index >= 15 is 0 Å². The van der Waals surface area contributed by atoms with Crippen LogP contribution in [-0.4, -0.2) is 24.7 Å². The van der Waals surface area contributed by atoms with E-state index in [0.29, 0.717) is 32.4 Å². The molecule has 2 aromatic carbocycles. The van der Waals surface area contributed by atoms with Crippen molar-refractivity contribution in [2.24, 2.45) is 0 Å². The first-order valence-corrected chi connectivity index (χ1v) is 12.3. The number of phenols is 1. The number of benzene rings is 2. The molecule has 0 aromatic heterocycles. The third-order valence-electron chi connectivity index (χ3n) is 3.94. The SMILES string of the molecule is CCP(C)(=O)OCOc1cc(Br)c(Oc2ccc(O)c(C(C)C)c2)c(Br)c1. The maximum absolute atomic E-state index is 11.9. The minimum Gasteiger partial charge on any atom is -0.508 e. The molecule has 1 unspecified atom stereocenters. The zero-order chi connectivity index (χ0) is 20.2. The molecular weight excluding hydrogens is 499 g/mol. The molecule has 148 valence electrons. The summed E-state index contributed by atoms with van der Waals surface area (Å²) in [7, 11) is -2.60. The number of hydrogen-bond acceptors (Lipinski definition) is 5. The van der Waals surface area contributed by atoms with Gasteiger partial charge in [0.25, 0.3) is 0 Å². The van der Waals surface area contributed by atoms with Crippen molar-refractivity contribution < 1.29 is 23.7 Å². The van der Waals surface area contributed by atoms with Gasteiger partial charge in [0.2, 0.25) is 7.37 Å². The largest absolute Gasteiger partial charge is 0.508 e. The molecule has 27 heavy (non-hydrogen) atoms. The molecule has 8 heteroatoms. The monoisotopic (exact) mass is 520 g/mol. The van der Waals surface area contributed by atoms with Crippen molar-refractivity contribution in [2.45, 2.75) is 26.7 Å². The van der Waals surface area contributed by atoms with Crippen LogP contribution in [0.2, 0.25) is 0 Å². The first kappa shape index (κ1) is 22.3. The molecule has 0 fully saturated rings. The number of ether oxygens (including phenoxy) is 2. The number of phenolic OH excluding ortho intramolecular Hbond substituents is 1. The molecule has 1 N–H and O–H groups in total. The molecule has 0 aliphatic rings. The summed E-state index contributed by atoms with van der Waals surface area (Å²) in [6.45, 7) is 7.33. The second-order valence-corrected chi connectivity index (χ2v) is 11.0. The molecule has 0 saturated carbocycles. The Kier molecular flexibility index (Phi) is 7.81. The van der Waals surface area contributed by atoms with Crippen LogP contribution in [0.1, 0.15) is 32.3 Å². The van der Waals surface area contributed by atoms with Crippen LogP contribution in [0.25, 0.3) is 0 Å². The fourth-order valence-corrected chi connectivity index (χ4v) is 3.96. The highest BCUT2D eigenvalue weighted by molar-refractivity contribution is 9.11. The van der Waals surface area contributed by atoms with Crippen molar-refractivity contribution in [1.29, 1.82) is 0 Å². The fourth-order valence-electron chi connectivity index (χ4n) is 2.19. The van der Waals surface area contributed by atoms with E-state index in [1.165, 1.54) is 0 Å². The molecule has 2 rings (SSSR count). The first-order chi connectivity index (χ1) is 12.6. The van der Waals surface area contributed by atoms with E-state index in [4.69, 9.17) is 14.0 Å². The molecule has 0 spiro atoms. The van der Waals surface area contributed by atoms with Gasteiger partial charge in [-0.05, 0) is 68.1 Å². The maximum Gasteiger partial charge on any atom is 0.202 e. The smallest absolute Gasteiger partial charge is 0.202 e. The summed E-state index contributed by atoms with van der Waals surface area (Å²) in [5.41, 5.74) is 0.816. The average Bonchev–Trinajstić information content (AvgIpc) is 2.59. The van der Waals surface area contributed by atoms with Gasteiger partial charge in [-0.2, -0.15) is 0 Å². The van der Waals surface area contributed by atoms with Crippen molar-refractivity contribution in [3.8, 4) is 23.0 Å². The third kappa shape index (κ3) is 6.24. The van der Waals surface area contributed by atoms with Gasteiger partial charge in [-0.25, -0.2) is 0 Å². The maximum atomic E-state index is 11.9. The van der Waals surface area contributed by atoms with E-state index in [-0.39, 0.29) is 18.5 Å². The van der Waals surface area contributed by atoms with Gasteiger partial charge in [-0.1, -0.05) is 20.8 Å². The lowest BCUT2D eigenvalue weighted by Crippen LogP contribution is -2.02. The van der Waals surface area contributed by atoms with Gasteiger partial charge in [0.1, 0.15) is 17.2 Å². The lowest BCUT2D eigenvalue weighted by molar-refractivity contribution is 0.123. The summed E-state index contributed by atoms with van der Waals surface area (Å²) >= 11 is 6.96. The highest BCUT2D eigenvalue weighted by atomic mass is 79.9. The van der Waals surface area contributed by atoms with Crippen molar-refractivity contribution in [2.75, 3.05) is 19.6 Å². The first-order valence-electron chi connectivity index (χ1n) is 8.46. The van der Waals surface area contributed by atoms with Crippen molar-refractivity contribution in [3.63, 3.8) is 0 Å². The van der Waals surface area contributed by atoms with E-state index in [1.807, 2.05) is 26.8 Å². The fraction of sp³-hybridized carbons (Fsp3) is 0.368.